The predicted octanol–water partition coefficient (Wildman–Crippen LogP) is 2.81. The van der Waals surface area contributed by atoms with Crippen molar-refractivity contribution in [1.82, 2.24) is 10.3 Å². The number of halogens is 1. The van der Waals surface area contributed by atoms with E-state index in [0.717, 1.165) is 21.5 Å². The summed E-state index contributed by atoms with van der Waals surface area (Å²) in [6, 6.07) is 7.78. The van der Waals surface area contributed by atoms with E-state index in [0.29, 0.717) is 13.0 Å². The molecule has 0 radical (unpaired) electrons. The van der Waals surface area contributed by atoms with Gasteiger partial charge < -0.3 is 5.32 Å². The monoisotopic (exact) mass is 324 g/mol. The maximum atomic E-state index is 11.7. The number of nitrogens with zero attached hydrogens (tertiary/aromatic N) is 1. The quantitative estimate of drug-likeness (QED) is 0.918. The topological polar surface area (TPSA) is 42.0 Å². The van der Waals surface area contributed by atoms with Gasteiger partial charge in [-0.25, -0.2) is 4.98 Å². The van der Waals surface area contributed by atoms with Gasteiger partial charge in [0.15, 0.2) is 0 Å². The fourth-order valence-electron chi connectivity index (χ4n) is 1.54. The predicted molar refractivity (Wildman–Crippen MR) is 76.7 cm³/mol. The maximum Gasteiger partial charge on any atom is 0.224 e. The molecule has 18 heavy (non-hydrogen) atoms. The van der Waals surface area contributed by atoms with Crippen LogP contribution in [0.3, 0.4) is 0 Å². The molecule has 1 heterocycles. The van der Waals surface area contributed by atoms with Crippen LogP contribution in [0.4, 0.5) is 0 Å². The molecule has 0 atom stereocenters. The van der Waals surface area contributed by atoms with Crippen LogP contribution in [-0.4, -0.2) is 17.4 Å². The molecule has 1 N–H and O–H groups in total. The number of carbonyl (C=O) groups is 1. The Bertz CT molecular complexity index is 496. The minimum Gasteiger partial charge on any atom is -0.355 e. The first-order chi connectivity index (χ1) is 8.74. The first-order valence-corrected chi connectivity index (χ1v) is 7.31. The van der Waals surface area contributed by atoms with E-state index >= 15 is 0 Å². The van der Waals surface area contributed by atoms with Gasteiger partial charge in [-0.3, -0.25) is 4.79 Å². The summed E-state index contributed by atoms with van der Waals surface area (Å²) in [7, 11) is 0. The average molecular weight is 325 g/mol. The molecule has 0 aliphatic carbocycles. The Morgan fingerprint density at radius 3 is 2.78 bits per heavy atom. The number of rotatable bonds is 5. The molecule has 0 spiro atoms. The van der Waals surface area contributed by atoms with Crippen molar-refractivity contribution >= 4 is 33.2 Å². The number of hydrogen-bond acceptors (Lipinski definition) is 3. The van der Waals surface area contributed by atoms with Crippen molar-refractivity contribution in [1.29, 1.82) is 0 Å². The number of hydrogen-bond donors (Lipinski definition) is 1. The Morgan fingerprint density at radius 2 is 2.11 bits per heavy atom. The van der Waals surface area contributed by atoms with Crippen molar-refractivity contribution in [3.8, 4) is 0 Å². The molecule has 2 rings (SSSR count). The molecule has 2 aromatic rings. The highest BCUT2D eigenvalue weighted by Crippen LogP contribution is 2.10. The van der Waals surface area contributed by atoms with Gasteiger partial charge in [-0.1, -0.05) is 28.1 Å². The number of amides is 1. The van der Waals surface area contributed by atoms with E-state index in [4.69, 9.17) is 0 Å². The third kappa shape index (κ3) is 4.23. The summed E-state index contributed by atoms with van der Waals surface area (Å²) in [5.41, 5.74) is 1.02. The minimum atomic E-state index is 0.0499. The highest BCUT2D eigenvalue weighted by Gasteiger charge is 2.03. The summed E-state index contributed by atoms with van der Waals surface area (Å²) in [5.74, 6) is 0.0499. The van der Waals surface area contributed by atoms with Gasteiger partial charge in [0.05, 0.1) is 11.4 Å². The van der Waals surface area contributed by atoms with E-state index in [2.05, 4.69) is 26.2 Å². The molecule has 1 amide bonds. The summed E-state index contributed by atoms with van der Waals surface area (Å²) in [6.45, 7) is 0.642. The molecule has 0 saturated carbocycles. The number of aromatic nitrogens is 1. The fourth-order valence-corrected chi connectivity index (χ4v) is 2.42. The molecule has 1 aromatic heterocycles. The molecular weight excluding hydrogens is 312 g/mol. The van der Waals surface area contributed by atoms with Crippen molar-refractivity contribution in [2.45, 2.75) is 12.8 Å². The lowest BCUT2D eigenvalue weighted by atomic mass is 10.1. The van der Waals surface area contributed by atoms with Gasteiger partial charge in [0, 0.05) is 29.0 Å². The van der Waals surface area contributed by atoms with Crippen LogP contribution in [0.1, 0.15) is 10.6 Å². The van der Waals surface area contributed by atoms with Crippen LogP contribution in [0.2, 0.25) is 0 Å². The highest BCUT2D eigenvalue weighted by atomic mass is 79.9. The van der Waals surface area contributed by atoms with Gasteiger partial charge in [0.25, 0.3) is 0 Å². The van der Waals surface area contributed by atoms with Crippen LogP contribution in [-0.2, 0) is 17.6 Å². The first kappa shape index (κ1) is 13.2. The van der Waals surface area contributed by atoms with Crippen LogP contribution >= 0.6 is 27.3 Å². The smallest absolute Gasteiger partial charge is 0.224 e. The van der Waals surface area contributed by atoms with Gasteiger partial charge in [0.2, 0.25) is 5.91 Å². The third-order valence-electron chi connectivity index (χ3n) is 2.42. The van der Waals surface area contributed by atoms with Gasteiger partial charge in [-0.15, -0.1) is 11.3 Å². The summed E-state index contributed by atoms with van der Waals surface area (Å²) in [4.78, 5) is 15.9. The maximum absolute atomic E-state index is 11.7. The van der Waals surface area contributed by atoms with E-state index in [1.54, 1.807) is 17.5 Å². The third-order valence-corrected chi connectivity index (χ3v) is 3.79. The molecule has 0 bridgehead atoms. The van der Waals surface area contributed by atoms with Crippen molar-refractivity contribution < 1.29 is 4.79 Å². The van der Waals surface area contributed by atoms with Crippen LogP contribution in [0.25, 0.3) is 0 Å². The minimum absolute atomic E-state index is 0.0499. The second-order valence-electron chi connectivity index (χ2n) is 3.83. The Hall–Kier alpha value is -1.20. The fraction of sp³-hybridized carbons (Fsp3) is 0.231. The summed E-state index contributed by atoms with van der Waals surface area (Å²) < 4.78 is 1.02. The lowest BCUT2D eigenvalue weighted by Gasteiger charge is -2.04. The number of nitrogens with one attached hydrogen (secondary N) is 1. The van der Waals surface area contributed by atoms with E-state index < -0.39 is 0 Å². The van der Waals surface area contributed by atoms with Gasteiger partial charge in [-0.2, -0.15) is 0 Å². The second-order valence-corrected chi connectivity index (χ2v) is 5.72. The molecule has 94 valence electrons. The zero-order valence-corrected chi connectivity index (χ0v) is 12.1. The number of benzene rings is 1. The Morgan fingerprint density at radius 1 is 1.33 bits per heavy atom. The highest BCUT2D eigenvalue weighted by molar-refractivity contribution is 9.10. The van der Waals surface area contributed by atoms with Gasteiger partial charge >= 0.3 is 0 Å². The van der Waals surface area contributed by atoms with Crippen molar-refractivity contribution in [2.75, 3.05) is 6.54 Å². The number of carbonyl (C=O) groups excluding carboxylic acids is 1. The normalized spacial score (nSPS) is 10.3. The Balaban J connectivity index is 1.73. The van der Waals surface area contributed by atoms with E-state index in [1.807, 2.05) is 29.6 Å². The van der Waals surface area contributed by atoms with Crippen molar-refractivity contribution in [3.05, 3.63) is 50.9 Å². The zero-order chi connectivity index (χ0) is 12.8. The molecule has 0 aliphatic rings. The lowest BCUT2D eigenvalue weighted by Crippen LogP contribution is -2.27. The van der Waals surface area contributed by atoms with Gasteiger partial charge in [0.1, 0.15) is 0 Å². The Kier molecular flexibility index (Phi) is 4.90. The molecule has 5 heteroatoms. The molecule has 0 aliphatic heterocycles. The summed E-state index contributed by atoms with van der Waals surface area (Å²) in [6.07, 6.45) is 3.00. The molecule has 0 saturated heterocycles. The standard InChI is InChI=1S/C13H13BrN2OS/c14-11-3-1-10(2-4-11)9-12(17)15-6-5-13-16-7-8-18-13/h1-4,7-8H,5-6,9H2,(H,15,17). The van der Waals surface area contributed by atoms with Crippen LogP contribution in [0.5, 0.6) is 0 Å². The number of thiazole rings is 1. The largest absolute Gasteiger partial charge is 0.355 e. The van der Waals surface area contributed by atoms with Crippen molar-refractivity contribution in [3.63, 3.8) is 0 Å². The van der Waals surface area contributed by atoms with Gasteiger partial charge in [-0.05, 0) is 17.7 Å². The molecule has 0 unspecified atom stereocenters. The molecule has 1 aromatic carbocycles. The Labute approximate surface area is 118 Å². The van der Waals surface area contributed by atoms with Crippen LogP contribution in [0, 0.1) is 0 Å². The lowest BCUT2D eigenvalue weighted by molar-refractivity contribution is -0.120. The average Bonchev–Trinajstić information content (AvgIpc) is 2.85. The SMILES string of the molecule is O=C(Cc1ccc(Br)cc1)NCCc1nccs1. The van der Waals surface area contributed by atoms with E-state index in [9.17, 15) is 4.79 Å². The first-order valence-electron chi connectivity index (χ1n) is 5.63. The van der Waals surface area contributed by atoms with E-state index in [-0.39, 0.29) is 5.91 Å². The summed E-state index contributed by atoms with van der Waals surface area (Å²) >= 11 is 4.98. The van der Waals surface area contributed by atoms with Crippen LogP contribution in [0.15, 0.2) is 40.3 Å². The van der Waals surface area contributed by atoms with Crippen LogP contribution < -0.4 is 5.32 Å². The van der Waals surface area contributed by atoms with Crippen molar-refractivity contribution in [2.24, 2.45) is 0 Å². The second kappa shape index (κ2) is 6.66. The zero-order valence-electron chi connectivity index (χ0n) is 9.73. The molecular formula is C13H13BrN2OS. The molecule has 3 nitrogen and oxygen atoms in total. The summed E-state index contributed by atoms with van der Waals surface area (Å²) in [5, 5.41) is 5.90. The van der Waals surface area contributed by atoms with E-state index in [1.165, 1.54) is 0 Å². The molecule has 0 fully saturated rings.